The second kappa shape index (κ2) is 9.30. The molecule has 3 nitrogen and oxygen atoms in total. The predicted octanol–water partition coefficient (Wildman–Crippen LogP) is 5.70. The van der Waals surface area contributed by atoms with Crippen LogP contribution < -0.4 is 0 Å². The molecule has 0 bridgehead atoms. The Kier molecular flexibility index (Phi) is 7.37. The summed E-state index contributed by atoms with van der Waals surface area (Å²) in [7, 11) is 0. The molecular formula is C27H44O3. The van der Waals surface area contributed by atoms with E-state index in [4.69, 9.17) is 0 Å². The van der Waals surface area contributed by atoms with Crippen LogP contribution in [0.3, 0.4) is 0 Å². The Bertz CT molecular complexity index is 683. The van der Waals surface area contributed by atoms with Crippen LogP contribution in [0, 0.1) is 23.2 Å². The summed E-state index contributed by atoms with van der Waals surface area (Å²) in [6.07, 6.45) is 13.9. The van der Waals surface area contributed by atoms with Crippen molar-refractivity contribution in [3.63, 3.8) is 0 Å². The first-order valence-electron chi connectivity index (χ1n) is 12.2. The van der Waals surface area contributed by atoms with Crippen LogP contribution in [0.25, 0.3) is 0 Å². The molecule has 0 heterocycles. The summed E-state index contributed by atoms with van der Waals surface area (Å²) in [6, 6.07) is 0. The summed E-state index contributed by atoms with van der Waals surface area (Å²) in [5.41, 5.74) is 3.17. The first kappa shape index (κ1) is 23.8. The van der Waals surface area contributed by atoms with Gasteiger partial charge < -0.3 is 15.3 Å². The molecule has 170 valence electrons. The van der Waals surface area contributed by atoms with Crippen molar-refractivity contribution >= 4 is 0 Å². The van der Waals surface area contributed by atoms with Crippen molar-refractivity contribution < 1.29 is 15.3 Å². The Morgan fingerprint density at radius 1 is 1.23 bits per heavy atom. The number of rotatable bonds is 6. The molecule has 0 radical (unpaired) electrons. The number of fused-ring (bicyclic) bond motifs is 1. The van der Waals surface area contributed by atoms with E-state index in [-0.39, 0.29) is 0 Å². The molecule has 3 fully saturated rings. The number of hydrogen-bond acceptors (Lipinski definition) is 3. The third-order valence-electron chi connectivity index (χ3n) is 8.44. The summed E-state index contributed by atoms with van der Waals surface area (Å²) in [5.74, 6) is 2.11. The van der Waals surface area contributed by atoms with Gasteiger partial charge in [-0.1, -0.05) is 51.0 Å². The van der Waals surface area contributed by atoms with E-state index in [1.807, 2.05) is 13.8 Å². The molecule has 3 N–H and O–H groups in total. The Labute approximate surface area is 184 Å². The lowest BCUT2D eigenvalue weighted by atomic mass is 9.60. The van der Waals surface area contributed by atoms with E-state index in [9.17, 15) is 15.3 Å². The number of aliphatic hydroxyl groups excluding tert-OH is 2. The lowest BCUT2D eigenvalue weighted by Crippen LogP contribution is -2.36. The molecule has 0 aromatic carbocycles. The van der Waals surface area contributed by atoms with Crippen molar-refractivity contribution in [1.82, 2.24) is 0 Å². The maximum absolute atomic E-state index is 10.1. The fraction of sp³-hybridized carbons (Fsp3) is 0.778. The van der Waals surface area contributed by atoms with E-state index in [0.29, 0.717) is 30.1 Å². The van der Waals surface area contributed by atoms with Crippen molar-refractivity contribution in [3.05, 3.63) is 35.5 Å². The first-order chi connectivity index (χ1) is 14.0. The van der Waals surface area contributed by atoms with Crippen LogP contribution in [-0.2, 0) is 0 Å². The predicted molar refractivity (Wildman–Crippen MR) is 124 cm³/mol. The highest BCUT2D eigenvalue weighted by Crippen LogP contribution is 2.60. The summed E-state index contributed by atoms with van der Waals surface area (Å²) >= 11 is 0. The van der Waals surface area contributed by atoms with Gasteiger partial charge in [0, 0.05) is 6.42 Å². The van der Waals surface area contributed by atoms with E-state index in [1.54, 1.807) is 5.57 Å². The topological polar surface area (TPSA) is 60.7 Å². The van der Waals surface area contributed by atoms with Gasteiger partial charge in [0.15, 0.2) is 0 Å². The quantitative estimate of drug-likeness (QED) is 0.520. The van der Waals surface area contributed by atoms with Crippen LogP contribution in [0.2, 0.25) is 0 Å². The second-order valence-electron chi connectivity index (χ2n) is 11.3. The summed E-state index contributed by atoms with van der Waals surface area (Å²) < 4.78 is 0. The lowest BCUT2D eigenvalue weighted by Gasteiger charge is -2.44. The molecule has 0 aromatic rings. The van der Waals surface area contributed by atoms with Crippen LogP contribution in [0.4, 0.5) is 0 Å². The molecule has 3 aliphatic rings. The zero-order valence-electron chi connectivity index (χ0n) is 19.7. The minimum atomic E-state index is -0.615. The molecule has 3 saturated carbocycles. The zero-order valence-corrected chi connectivity index (χ0v) is 19.7. The van der Waals surface area contributed by atoms with E-state index >= 15 is 0 Å². The highest BCUT2D eigenvalue weighted by Gasteiger charge is 2.50. The Hall–Kier alpha value is -0.900. The molecule has 3 heteroatoms. The molecule has 6 atom stereocenters. The fourth-order valence-electron chi connectivity index (χ4n) is 6.74. The van der Waals surface area contributed by atoms with Crippen LogP contribution in [0.5, 0.6) is 0 Å². The highest BCUT2D eigenvalue weighted by molar-refractivity contribution is 5.38. The average Bonchev–Trinajstić information content (AvgIpc) is 3.00. The van der Waals surface area contributed by atoms with Crippen LogP contribution in [0.1, 0.15) is 91.9 Å². The Morgan fingerprint density at radius 3 is 2.67 bits per heavy atom. The molecule has 30 heavy (non-hydrogen) atoms. The highest BCUT2D eigenvalue weighted by atomic mass is 16.3. The van der Waals surface area contributed by atoms with E-state index in [0.717, 1.165) is 29.9 Å². The van der Waals surface area contributed by atoms with Gasteiger partial charge in [0.1, 0.15) is 0 Å². The van der Waals surface area contributed by atoms with Crippen molar-refractivity contribution in [3.8, 4) is 0 Å². The van der Waals surface area contributed by atoms with Gasteiger partial charge in [0.2, 0.25) is 0 Å². The Morgan fingerprint density at radius 2 is 1.97 bits per heavy atom. The number of allylic oxidation sites excluding steroid dienone is 3. The summed E-state index contributed by atoms with van der Waals surface area (Å²) in [5, 5.41) is 30.2. The molecule has 0 aliphatic heterocycles. The van der Waals surface area contributed by atoms with E-state index in [1.165, 1.54) is 38.5 Å². The van der Waals surface area contributed by atoms with Crippen molar-refractivity contribution in [1.29, 1.82) is 0 Å². The van der Waals surface area contributed by atoms with Gasteiger partial charge in [-0.05, 0) is 93.1 Å². The fourth-order valence-corrected chi connectivity index (χ4v) is 6.74. The molecular weight excluding hydrogens is 372 g/mol. The minimum absolute atomic E-state index is 0.374. The van der Waals surface area contributed by atoms with Gasteiger partial charge in [-0.15, -0.1) is 0 Å². The minimum Gasteiger partial charge on any atom is -0.393 e. The molecule has 5 unspecified atom stereocenters. The number of hydrogen-bond donors (Lipinski definition) is 3. The van der Waals surface area contributed by atoms with E-state index in [2.05, 4.69) is 32.6 Å². The monoisotopic (exact) mass is 416 g/mol. The Balaban J connectivity index is 1.70. The molecule has 0 aromatic heterocycles. The maximum Gasteiger partial charge on any atom is 0.0811 e. The third kappa shape index (κ3) is 5.29. The summed E-state index contributed by atoms with van der Waals surface area (Å²) in [6.45, 7) is 12.8. The molecule has 0 spiro atoms. The molecule has 3 rings (SSSR count). The zero-order chi connectivity index (χ0) is 22.1. The van der Waals surface area contributed by atoms with Crippen LogP contribution >= 0.6 is 0 Å². The van der Waals surface area contributed by atoms with Crippen molar-refractivity contribution in [2.24, 2.45) is 23.2 Å². The smallest absolute Gasteiger partial charge is 0.0811 e. The normalized spacial score (nSPS) is 38.8. The second-order valence-corrected chi connectivity index (χ2v) is 11.3. The van der Waals surface area contributed by atoms with E-state index < -0.39 is 17.8 Å². The van der Waals surface area contributed by atoms with Gasteiger partial charge >= 0.3 is 0 Å². The molecule has 0 amide bonds. The standard InChI is InChI=1S/C27H44O3/c1-18(8-6-14-26(3,4)30)23-12-13-24-20(9-7-15-27(23,24)5)10-11-21-16-22(28)17-25(29)19(21)2/h10-11,18,22-25,28-30H,2,6-9,12-17H2,1,3-5H3/t18?,22-,23?,24?,25?,27?/m1/s1. The summed E-state index contributed by atoms with van der Waals surface area (Å²) in [4.78, 5) is 0. The van der Waals surface area contributed by atoms with Gasteiger partial charge in [0.25, 0.3) is 0 Å². The van der Waals surface area contributed by atoms with Crippen molar-refractivity contribution in [2.75, 3.05) is 0 Å². The third-order valence-corrected chi connectivity index (χ3v) is 8.44. The number of aliphatic hydroxyl groups is 3. The van der Waals surface area contributed by atoms with Crippen LogP contribution in [0.15, 0.2) is 35.5 Å². The lowest BCUT2D eigenvalue weighted by molar-refractivity contribution is 0.0596. The van der Waals surface area contributed by atoms with Gasteiger partial charge in [-0.25, -0.2) is 0 Å². The van der Waals surface area contributed by atoms with Gasteiger partial charge in [-0.2, -0.15) is 0 Å². The van der Waals surface area contributed by atoms with Crippen LogP contribution in [-0.4, -0.2) is 33.1 Å². The first-order valence-corrected chi connectivity index (χ1v) is 12.2. The van der Waals surface area contributed by atoms with Gasteiger partial charge in [-0.3, -0.25) is 0 Å². The van der Waals surface area contributed by atoms with Gasteiger partial charge in [0.05, 0.1) is 17.8 Å². The SMILES string of the molecule is C=C1C(=CC=C2CCCC3(C)C2CCC3C(C)CCCC(C)(C)O)C[C@@H](O)CC1O. The molecule has 0 saturated heterocycles. The molecule has 3 aliphatic carbocycles. The largest absolute Gasteiger partial charge is 0.393 e. The average molecular weight is 417 g/mol. The maximum atomic E-state index is 10.1. The van der Waals surface area contributed by atoms with Crippen molar-refractivity contribution in [2.45, 2.75) is 110 Å².